The van der Waals surface area contributed by atoms with Crippen LogP contribution in [-0.4, -0.2) is 5.88 Å². The lowest BCUT2D eigenvalue weighted by Gasteiger charge is -2.03. The van der Waals surface area contributed by atoms with Crippen LogP contribution in [0.4, 0.5) is 0 Å². The van der Waals surface area contributed by atoms with E-state index in [-0.39, 0.29) is 0 Å². The fourth-order valence-corrected chi connectivity index (χ4v) is 3.22. The SMILES string of the molecule is CCCCCCCCCCCCCCCCCCCl.c1ccccc1. The van der Waals surface area contributed by atoms with Crippen LogP contribution in [0.3, 0.4) is 0 Å². The number of rotatable bonds is 16. The first-order valence-electron chi connectivity index (χ1n) is 11.0. The summed E-state index contributed by atoms with van der Waals surface area (Å²) in [7, 11) is 0. The molecule has 1 aromatic carbocycles. The lowest BCUT2D eigenvalue weighted by Crippen LogP contribution is -1.83. The fourth-order valence-electron chi connectivity index (χ4n) is 3.03. The molecule has 1 heteroatoms. The molecule has 1 aromatic rings. The molecule has 0 bridgehead atoms. The molecular formula is C24H43Cl. The van der Waals surface area contributed by atoms with E-state index in [0.29, 0.717) is 0 Å². The van der Waals surface area contributed by atoms with E-state index in [4.69, 9.17) is 11.6 Å². The maximum Gasteiger partial charge on any atom is 0.0223 e. The Labute approximate surface area is 163 Å². The largest absolute Gasteiger partial charge is 0.127 e. The Bertz CT molecular complexity index is 266. The maximum absolute atomic E-state index is 5.66. The Morgan fingerprint density at radius 2 is 0.640 bits per heavy atom. The van der Waals surface area contributed by atoms with Gasteiger partial charge in [-0.3, -0.25) is 0 Å². The molecule has 0 N–H and O–H groups in total. The molecule has 0 unspecified atom stereocenters. The number of hydrogen-bond donors (Lipinski definition) is 0. The second-order valence-electron chi connectivity index (χ2n) is 7.15. The van der Waals surface area contributed by atoms with Gasteiger partial charge in [-0.15, -0.1) is 11.6 Å². The minimum Gasteiger partial charge on any atom is -0.127 e. The first kappa shape index (κ1) is 24.5. The normalized spacial score (nSPS) is 10.3. The van der Waals surface area contributed by atoms with Crippen molar-refractivity contribution in [3.63, 3.8) is 0 Å². The molecule has 0 aliphatic carbocycles. The van der Waals surface area contributed by atoms with Crippen LogP contribution in [0.5, 0.6) is 0 Å². The van der Waals surface area contributed by atoms with Gasteiger partial charge in [0.1, 0.15) is 0 Å². The highest BCUT2D eigenvalue weighted by Gasteiger charge is 1.94. The van der Waals surface area contributed by atoms with Gasteiger partial charge in [-0.25, -0.2) is 0 Å². The van der Waals surface area contributed by atoms with E-state index in [1.165, 1.54) is 103 Å². The molecule has 0 amide bonds. The fraction of sp³-hybridized carbons (Fsp3) is 0.750. The third-order valence-corrected chi connectivity index (χ3v) is 4.92. The average molecular weight is 367 g/mol. The summed E-state index contributed by atoms with van der Waals surface area (Å²) in [6, 6.07) is 12.0. The Hall–Kier alpha value is -0.490. The Morgan fingerprint density at radius 3 is 0.880 bits per heavy atom. The first-order valence-corrected chi connectivity index (χ1v) is 11.5. The Balaban J connectivity index is 0.000000796. The Kier molecular flexibility index (Phi) is 23.0. The van der Waals surface area contributed by atoms with Crippen molar-refractivity contribution in [1.29, 1.82) is 0 Å². The van der Waals surface area contributed by atoms with Gasteiger partial charge in [0.2, 0.25) is 0 Å². The standard InChI is InChI=1S/C18H37Cl.C6H6/c1-2-3-4-5-6-7-8-9-10-11-12-13-14-15-16-17-18-19;1-2-4-6-5-3-1/h2-18H2,1H3;1-6H. The van der Waals surface area contributed by atoms with Crippen molar-refractivity contribution in [3.8, 4) is 0 Å². The van der Waals surface area contributed by atoms with Crippen LogP contribution in [0.2, 0.25) is 0 Å². The smallest absolute Gasteiger partial charge is 0.0223 e. The van der Waals surface area contributed by atoms with Crippen LogP contribution in [0.15, 0.2) is 36.4 Å². The molecule has 0 atom stereocenters. The van der Waals surface area contributed by atoms with E-state index in [1.54, 1.807) is 0 Å². The molecule has 0 spiro atoms. The molecule has 0 heterocycles. The monoisotopic (exact) mass is 366 g/mol. The van der Waals surface area contributed by atoms with Crippen molar-refractivity contribution in [2.45, 2.75) is 110 Å². The van der Waals surface area contributed by atoms with Crippen molar-refractivity contribution in [1.82, 2.24) is 0 Å². The third-order valence-electron chi connectivity index (χ3n) is 4.65. The summed E-state index contributed by atoms with van der Waals surface area (Å²) >= 11 is 5.66. The molecule has 0 saturated carbocycles. The van der Waals surface area contributed by atoms with Crippen LogP contribution in [0.25, 0.3) is 0 Å². The second-order valence-corrected chi connectivity index (χ2v) is 7.52. The van der Waals surface area contributed by atoms with Gasteiger partial charge in [-0.2, -0.15) is 0 Å². The minimum absolute atomic E-state index is 0.846. The molecule has 0 fully saturated rings. The van der Waals surface area contributed by atoms with E-state index in [0.717, 1.165) is 5.88 Å². The summed E-state index contributed by atoms with van der Waals surface area (Å²) in [4.78, 5) is 0. The van der Waals surface area contributed by atoms with Crippen molar-refractivity contribution in [2.75, 3.05) is 5.88 Å². The summed E-state index contributed by atoms with van der Waals surface area (Å²) in [5.41, 5.74) is 0. The molecule has 25 heavy (non-hydrogen) atoms. The van der Waals surface area contributed by atoms with Crippen LogP contribution in [-0.2, 0) is 0 Å². The topological polar surface area (TPSA) is 0 Å². The van der Waals surface area contributed by atoms with Gasteiger partial charge in [0.15, 0.2) is 0 Å². The second kappa shape index (κ2) is 23.5. The first-order chi connectivity index (χ1) is 12.4. The van der Waals surface area contributed by atoms with Crippen LogP contribution in [0.1, 0.15) is 110 Å². The van der Waals surface area contributed by atoms with E-state index < -0.39 is 0 Å². The van der Waals surface area contributed by atoms with Crippen LogP contribution in [0, 0.1) is 0 Å². The molecule has 146 valence electrons. The van der Waals surface area contributed by atoms with Crippen molar-refractivity contribution >= 4 is 11.6 Å². The van der Waals surface area contributed by atoms with E-state index in [9.17, 15) is 0 Å². The summed E-state index contributed by atoms with van der Waals surface area (Å²) in [6.07, 6.45) is 22.8. The minimum atomic E-state index is 0.846. The van der Waals surface area contributed by atoms with Gasteiger partial charge in [-0.1, -0.05) is 140 Å². The lowest BCUT2D eigenvalue weighted by molar-refractivity contribution is 0.531. The highest BCUT2D eigenvalue weighted by Crippen LogP contribution is 2.13. The van der Waals surface area contributed by atoms with E-state index in [1.807, 2.05) is 36.4 Å². The predicted molar refractivity (Wildman–Crippen MR) is 117 cm³/mol. The van der Waals surface area contributed by atoms with Crippen molar-refractivity contribution in [2.24, 2.45) is 0 Å². The average Bonchev–Trinajstić information content (AvgIpc) is 2.67. The van der Waals surface area contributed by atoms with Gasteiger partial charge < -0.3 is 0 Å². The molecule has 0 aromatic heterocycles. The Morgan fingerprint density at radius 1 is 0.400 bits per heavy atom. The quantitative estimate of drug-likeness (QED) is 0.202. The van der Waals surface area contributed by atoms with E-state index >= 15 is 0 Å². The van der Waals surface area contributed by atoms with Gasteiger partial charge in [0, 0.05) is 5.88 Å². The van der Waals surface area contributed by atoms with E-state index in [2.05, 4.69) is 6.92 Å². The van der Waals surface area contributed by atoms with Gasteiger partial charge in [-0.05, 0) is 6.42 Å². The summed E-state index contributed by atoms with van der Waals surface area (Å²) in [5.74, 6) is 0.846. The van der Waals surface area contributed by atoms with Crippen LogP contribution >= 0.6 is 11.6 Å². The van der Waals surface area contributed by atoms with Gasteiger partial charge in [0.05, 0.1) is 0 Å². The molecule has 0 radical (unpaired) electrons. The molecule has 0 nitrogen and oxygen atoms in total. The maximum atomic E-state index is 5.66. The lowest BCUT2D eigenvalue weighted by atomic mass is 10.0. The number of hydrogen-bond acceptors (Lipinski definition) is 0. The van der Waals surface area contributed by atoms with Crippen LogP contribution < -0.4 is 0 Å². The third kappa shape index (κ3) is 23.5. The molecule has 1 rings (SSSR count). The highest BCUT2D eigenvalue weighted by atomic mass is 35.5. The molecule has 0 saturated heterocycles. The number of unbranched alkanes of at least 4 members (excludes halogenated alkanes) is 15. The summed E-state index contributed by atoms with van der Waals surface area (Å²) < 4.78 is 0. The number of halogens is 1. The number of alkyl halides is 1. The zero-order chi connectivity index (χ0) is 18.3. The van der Waals surface area contributed by atoms with Crippen molar-refractivity contribution in [3.05, 3.63) is 36.4 Å². The molecule has 0 aliphatic rings. The van der Waals surface area contributed by atoms with Gasteiger partial charge in [0.25, 0.3) is 0 Å². The summed E-state index contributed by atoms with van der Waals surface area (Å²) in [6.45, 7) is 2.29. The van der Waals surface area contributed by atoms with Crippen molar-refractivity contribution < 1.29 is 0 Å². The number of benzene rings is 1. The molecule has 0 aliphatic heterocycles. The zero-order valence-corrected chi connectivity index (χ0v) is 17.6. The highest BCUT2D eigenvalue weighted by molar-refractivity contribution is 6.17. The molecular weight excluding hydrogens is 324 g/mol. The van der Waals surface area contributed by atoms with Gasteiger partial charge >= 0.3 is 0 Å². The zero-order valence-electron chi connectivity index (χ0n) is 16.9. The summed E-state index contributed by atoms with van der Waals surface area (Å²) in [5, 5.41) is 0. The predicted octanol–water partition coefficient (Wildman–Crippen LogP) is 9.17.